The second-order valence-corrected chi connectivity index (χ2v) is 6.84. The zero-order chi connectivity index (χ0) is 16.0. The number of benzene rings is 1. The molecule has 0 unspecified atom stereocenters. The van der Waals surface area contributed by atoms with E-state index in [9.17, 15) is 21.9 Å². The number of rotatable bonds is 3. The van der Waals surface area contributed by atoms with E-state index in [-0.39, 0.29) is 5.69 Å². The minimum atomic E-state index is -4.71. The molecule has 2 aromatic rings. The topological polar surface area (TPSA) is 147 Å². The number of hydrogen-bond donors (Lipinski definition) is 3. The number of aryl methyl sites for hydroxylation is 1. The second kappa shape index (κ2) is 4.80. The van der Waals surface area contributed by atoms with Crippen LogP contribution >= 0.6 is 0 Å². The Bertz CT molecular complexity index is 913. The van der Waals surface area contributed by atoms with Gasteiger partial charge in [-0.05, 0) is 25.1 Å². The summed E-state index contributed by atoms with van der Waals surface area (Å²) in [6.07, 6.45) is 0. The summed E-state index contributed by atoms with van der Waals surface area (Å²) in [5, 5.41) is 13.4. The lowest BCUT2D eigenvalue weighted by Crippen LogP contribution is -2.09. The van der Waals surface area contributed by atoms with Crippen molar-refractivity contribution in [3.8, 4) is 11.6 Å². The van der Waals surface area contributed by atoms with E-state index in [0.29, 0.717) is 4.68 Å². The minimum absolute atomic E-state index is 0.200. The van der Waals surface area contributed by atoms with Gasteiger partial charge in [0.2, 0.25) is 5.88 Å². The van der Waals surface area contributed by atoms with Gasteiger partial charge >= 0.3 is 0 Å². The summed E-state index contributed by atoms with van der Waals surface area (Å²) in [4.78, 5) is -1.32. The van der Waals surface area contributed by atoms with E-state index in [1.54, 1.807) is 0 Å². The molecule has 0 aliphatic carbocycles. The van der Waals surface area contributed by atoms with E-state index in [2.05, 4.69) is 11.2 Å². The molecule has 0 saturated heterocycles. The van der Waals surface area contributed by atoms with Gasteiger partial charge in [0.25, 0.3) is 20.2 Å². The molecule has 113 valence electrons. The highest BCUT2D eigenvalue weighted by molar-refractivity contribution is 7.86. The Labute approximate surface area is 120 Å². The molecule has 3 N–H and O–H groups in total. The summed E-state index contributed by atoms with van der Waals surface area (Å²) in [6.45, 7) is 1.45. The van der Waals surface area contributed by atoms with Crippen LogP contribution in [-0.2, 0) is 20.2 Å². The van der Waals surface area contributed by atoms with Crippen molar-refractivity contribution in [2.75, 3.05) is 0 Å². The number of aromatic hydroxyl groups is 1. The summed E-state index contributed by atoms with van der Waals surface area (Å²) in [7, 11) is -9.32. The Morgan fingerprint density at radius 2 is 1.76 bits per heavy atom. The lowest BCUT2D eigenvalue weighted by molar-refractivity contribution is 0.430. The van der Waals surface area contributed by atoms with Crippen LogP contribution < -0.4 is 0 Å². The largest absolute Gasteiger partial charge is 0.493 e. The standard InChI is InChI=1S/C10H9N2O7S2/c1-6-4-10(13)12(11-6)8-5-7(20(14,15)16)2-3-9(8)21(17,18)19/h2-3,5,13H,1H3,(H,14,15,16)(H,17,18,19). The lowest BCUT2D eigenvalue weighted by atomic mass is 10.3. The van der Waals surface area contributed by atoms with Gasteiger partial charge in [0.05, 0.1) is 22.3 Å². The van der Waals surface area contributed by atoms with E-state index < -0.39 is 41.6 Å². The van der Waals surface area contributed by atoms with Gasteiger partial charge in [-0.25, -0.2) is 0 Å². The number of nitrogens with zero attached hydrogens (tertiary/aromatic N) is 2. The molecular formula is C10H9N2O7S2. The van der Waals surface area contributed by atoms with Crippen LogP contribution in [-0.4, -0.2) is 40.8 Å². The van der Waals surface area contributed by atoms with Crippen LogP contribution in [0.25, 0.3) is 5.69 Å². The Morgan fingerprint density at radius 3 is 2.19 bits per heavy atom. The van der Waals surface area contributed by atoms with E-state index in [1.807, 2.05) is 0 Å². The van der Waals surface area contributed by atoms with Crippen LogP contribution in [0.4, 0.5) is 0 Å². The van der Waals surface area contributed by atoms with Crippen molar-refractivity contribution < 1.29 is 31.0 Å². The Hall–Kier alpha value is -1.95. The molecule has 0 spiro atoms. The van der Waals surface area contributed by atoms with Crippen molar-refractivity contribution in [1.29, 1.82) is 0 Å². The first-order valence-electron chi connectivity index (χ1n) is 5.27. The molecule has 9 nitrogen and oxygen atoms in total. The molecular weight excluding hydrogens is 324 g/mol. The summed E-state index contributed by atoms with van der Waals surface area (Å²) in [5.41, 5.74) is -0.250. The zero-order valence-electron chi connectivity index (χ0n) is 10.4. The van der Waals surface area contributed by atoms with Crippen molar-refractivity contribution in [3.05, 3.63) is 30.0 Å². The van der Waals surface area contributed by atoms with Gasteiger partial charge in [0, 0.05) is 0 Å². The monoisotopic (exact) mass is 333 g/mol. The van der Waals surface area contributed by atoms with Crippen LogP contribution in [0.5, 0.6) is 5.88 Å². The molecule has 11 heteroatoms. The maximum Gasteiger partial charge on any atom is 0.296 e. The number of aromatic nitrogens is 2. The van der Waals surface area contributed by atoms with Gasteiger partial charge in [0.1, 0.15) is 4.90 Å². The van der Waals surface area contributed by atoms with Crippen molar-refractivity contribution in [2.45, 2.75) is 16.7 Å². The summed E-state index contributed by atoms with van der Waals surface area (Å²) in [5.74, 6) is -0.593. The van der Waals surface area contributed by atoms with Crippen molar-refractivity contribution >= 4 is 20.2 Å². The van der Waals surface area contributed by atoms with E-state index >= 15 is 0 Å². The second-order valence-electron chi connectivity index (χ2n) is 4.03. The summed E-state index contributed by atoms with van der Waals surface area (Å²) in [6, 6.07) is 4.67. The minimum Gasteiger partial charge on any atom is -0.493 e. The van der Waals surface area contributed by atoms with Gasteiger partial charge < -0.3 is 5.11 Å². The van der Waals surface area contributed by atoms with Gasteiger partial charge in [-0.2, -0.15) is 26.6 Å². The molecule has 21 heavy (non-hydrogen) atoms. The van der Waals surface area contributed by atoms with Crippen LogP contribution in [0.3, 0.4) is 0 Å². The quantitative estimate of drug-likeness (QED) is 0.674. The van der Waals surface area contributed by atoms with Gasteiger partial charge in [-0.1, -0.05) is 0 Å². The molecule has 0 saturated carbocycles. The molecule has 0 amide bonds. The zero-order valence-corrected chi connectivity index (χ0v) is 12.1. The predicted molar refractivity (Wildman–Crippen MR) is 68.4 cm³/mol. The first-order chi connectivity index (χ1) is 9.50. The Balaban J connectivity index is 2.86. The van der Waals surface area contributed by atoms with Gasteiger partial charge in [-0.15, -0.1) is 0 Å². The third kappa shape index (κ3) is 3.05. The summed E-state index contributed by atoms with van der Waals surface area (Å²) >= 11 is 0. The van der Waals surface area contributed by atoms with Gasteiger partial charge in [-0.3, -0.25) is 9.11 Å². The molecule has 1 heterocycles. The average molecular weight is 333 g/mol. The fourth-order valence-corrected chi connectivity index (χ4v) is 2.80. The van der Waals surface area contributed by atoms with Crippen molar-refractivity contribution in [3.63, 3.8) is 0 Å². The van der Waals surface area contributed by atoms with E-state index in [4.69, 9.17) is 9.11 Å². The smallest absolute Gasteiger partial charge is 0.296 e. The SMILES string of the molecule is Cc1[c]c(O)n(-c2cc(S(=O)(=O)O)ccc2S(=O)(=O)O)n1. The maximum atomic E-state index is 11.3. The average Bonchev–Trinajstić information content (AvgIpc) is 2.65. The first-order valence-corrected chi connectivity index (χ1v) is 8.15. The van der Waals surface area contributed by atoms with Crippen LogP contribution in [0.1, 0.15) is 5.69 Å². The number of hydrogen-bond acceptors (Lipinski definition) is 6. The highest BCUT2D eigenvalue weighted by Gasteiger charge is 2.23. The molecule has 1 aromatic heterocycles. The van der Waals surface area contributed by atoms with Crippen LogP contribution in [0, 0.1) is 13.0 Å². The molecule has 0 bridgehead atoms. The van der Waals surface area contributed by atoms with Crippen LogP contribution in [0.2, 0.25) is 0 Å². The highest BCUT2D eigenvalue weighted by Crippen LogP contribution is 2.26. The predicted octanol–water partition coefficient (Wildman–Crippen LogP) is 0.180. The maximum absolute atomic E-state index is 11.3. The Kier molecular flexibility index (Phi) is 3.53. The molecule has 1 radical (unpaired) electrons. The third-order valence-electron chi connectivity index (χ3n) is 2.48. The Morgan fingerprint density at radius 1 is 1.14 bits per heavy atom. The first kappa shape index (κ1) is 15.4. The third-order valence-corrected chi connectivity index (χ3v) is 4.23. The van der Waals surface area contributed by atoms with Crippen molar-refractivity contribution in [2.24, 2.45) is 0 Å². The lowest BCUT2D eigenvalue weighted by Gasteiger charge is -2.09. The molecule has 0 aliphatic heterocycles. The van der Waals surface area contributed by atoms with Crippen molar-refractivity contribution in [1.82, 2.24) is 9.78 Å². The van der Waals surface area contributed by atoms with Crippen LogP contribution in [0.15, 0.2) is 28.0 Å². The van der Waals surface area contributed by atoms with E-state index in [1.165, 1.54) is 6.92 Å². The molecule has 2 rings (SSSR count). The summed E-state index contributed by atoms with van der Waals surface area (Å²) < 4.78 is 63.7. The molecule has 0 aliphatic rings. The normalized spacial score (nSPS) is 12.5. The van der Waals surface area contributed by atoms with Gasteiger partial charge in [0.15, 0.2) is 0 Å². The fourth-order valence-electron chi connectivity index (χ4n) is 1.65. The highest BCUT2D eigenvalue weighted by atomic mass is 32.2. The molecule has 0 atom stereocenters. The molecule has 1 aromatic carbocycles. The van der Waals surface area contributed by atoms with E-state index in [0.717, 1.165) is 18.2 Å². The fraction of sp³-hybridized carbons (Fsp3) is 0.100. The molecule has 0 fully saturated rings.